The molecule has 0 radical (unpaired) electrons. The van der Waals surface area contributed by atoms with Crippen LogP contribution in [0.4, 0.5) is 0 Å². The fourth-order valence-electron chi connectivity index (χ4n) is 1.57. The number of hydrogen-bond acceptors (Lipinski definition) is 3. The van der Waals surface area contributed by atoms with Gasteiger partial charge in [-0.25, -0.2) is 0 Å². The second-order valence-electron chi connectivity index (χ2n) is 3.11. The van der Waals surface area contributed by atoms with Crippen LogP contribution in [0.15, 0.2) is 25.4 Å². The van der Waals surface area contributed by atoms with Crippen LogP contribution in [-0.2, 0) is 9.53 Å². The second kappa shape index (κ2) is 4.23. The lowest BCUT2D eigenvalue weighted by Crippen LogP contribution is -2.52. The van der Waals surface area contributed by atoms with Gasteiger partial charge in [-0.15, -0.1) is 0 Å². The Hall–Kier alpha value is -1.09. The third kappa shape index (κ3) is 1.98. The van der Waals surface area contributed by atoms with E-state index in [0.29, 0.717) is 26.1 Å². The number of carbonyl (C=O) groups excluding carboxylic acids is 1. The standard InChI is InChI=1S/C10H15NO2/c1-3-9(12)10(11-4-2)5-7-13-8-6-10/h3-4,11H,1-2,5-8H2. The van der Waals surface area contributed by atoms with Gasteiger partial charge in [-0.05, 0) is 12.3 Å². The van der Waals surface area contributed by atoms with Gasteiger partial charge in [0.25, 0.3) is 0 Å². The summed E-state index contributed by atoms with van der Waals surface area (Å²) < 4.78 is 5.20. The van der Waals surface area contributed by atoms with Crippen LogP contribution in [0, 0.1) is 0 Å². The molecule has 0 aliphatic carbocycles. The molecule has 1 rings (SSSR count). The van der Waals surface area contributed by atoms with Crippen molar-refractivity contribution in [3.05, 3.63) is 25.4 Å². The van der Waals surface area contributed by atoms with Gasteiger partial charge in [0.1, 0.15) is 5.54 Å². The lowest BCUT2D eigenvalue weighted by molar-refractivity contribution is -0.123. The molecular formula is C10H15NO2. The molecular weight excluding hydrogens is 166 g/mol. The Balaban J connectivity index is 2.77. The molecule has 3 heteroatoms. The van der Waals surface area contributed by atoms with E-state index in [1.54, 1.807) is 6.20 Å². The van der Waals surface area contributed by atoms with Crippen molar-refractivity contribution in [3.8, 4) is 0 Å². The van der Waals surface area contributed by atoms with Crippen LogP contribution < -0.4 is 5.32 Å². The van der Waals surface area contributed by atoms with Crippen molar-refractivity contribution in [2.45, 2.75) is 18.4 Å². The average Bonchev–Trinajstić information content (AvgIpc) is 2.18. The van der Waals surface area contributed by atoms with Gasteiger partial charge < -0.3 is 10.1 Å². The molecule has 0 atom stereocenters. The lowest BCUT2D eigenvalue weighted by atomic mass is 9.85. The summed E-state index contributed by atoms with van der Waals surface area (Å²) in [4.78, 5) is 11.6. The molecule has 0 unspecified atom stereocenters. The highest BCUT2D eigenvalue weighted by Crippen LogP contribution is 2.22. The minimum Gasteiger partial charge on any atom is -0.381 e. The molecule has 1 heterocycles. The Labute approximate surface area is 78.5 Å². The highest BCUT2D eigenvalue weighted by Gasteiger charge is 2.36. The fourth-order valence-corrected chi connectivity index (χ4v) is 1.57. The summed E-state index contributed by atoms with van der Waals surface area (Å²) in [6.45, 7) is 8.30. The number of rotatable bonds is 4. The van der Waals surface area contributed by atoms with Gasteiger partial charge in [0.15, 0.2) is 5.78 Å². The van der Waals surface area contributed by atoms with Crippen LogP contribution in [0.25, 0.3) is 0 Å². The summed E-state index contributed by atoms with van der Waals surface area (Å²) in [6.07, 6.45) is 4.29. The number of nitrogens with one attached hydrogen (secondary N) is 1. The van der Waals surface area contributed by atoms with Crippen LogP contribution in [0.1, 0.15) is 12.8 Å². The maximum atomic E-state index is 11.6. The predicted octanol–water partition coefficient (Wildman–Crippen LogP) is 1.02. The van der Waals surface area contributed by atoms with Crippen molar-refractivity contribution in [2.24, 2.45) is 0 Å². The molecule has 0 amide bonds. The van der Waals surface area contributed by atoms with Gasteiger partial charge in [0.05, 0.1) is 0 Å². The van der Waals surface area contributed by atoms with Crippen molar-refractivity contribution in [1.29, 1.82) is 0 Å². The van der Waals surface area contributed by atoms with Gasteiger partial charge in [-0.3, -0.25) is 4.79 Å². The first kappa shape index (κ1) is 9.99. The average molecular weight is 181 g/mol. The van der Waals surface area contributed by atoms with Gasteiger partial charge in [-0.1, -0.05) is 13.2 Å². The molecule has 72 valence electrons. The van der Waals surface area contributed by atoms with E-state index < -0.39 is 5.54 Å². The topological polar surface area (TPSA) is 38.3 Å². The third-order valence-corrected chi connectivity index (χ3v) is 2.38. The molecule has 3 nitrogen and oxygen atoms in total. The van der Waals surface area contributed by atoms with Crippen molar-refractivity contribution in [2.75, 3.05) is 13.2 Å². The van der Waals surface area contributed by atoms with Crippen molar-refractivity contribution >= 4 is 5.78 Å². The quantitative estimate of drug-likeness (QED) is 0.658. The molecule has 1 saturated heterocycles. The minimum absolute atomic E-state index is 0.0238. The summed E-state index contributed by atoms with van der Waals surface area (Å²) in [5.74, 6) is 0.0238. The summed E-state index contributed by atoms with van der Waals surface area (Å²) in [5.41, 5.74) is -0.512. The van der Waals surface area contributed by atoms with Gasteiger partial charge in [-0.2, -0.15) is 0 Å². The molecule has 0 bridgehead atoms. The first-order valence-corrected chi connectivity index (χ1v) is 4.38. The van der Waals surface area contributed by atoms with Gasteiger partial charge >= 0.3 is 0 Å². The summed E-state index contributed by atoms with van der Waals surface area (Å²) >= 11 is 0. The Morgan fingerprint density at radius 3 is 2.46 bits per heavy atom. The van der Waals surface area contributed by atoms with E-state index >= 15 is 0 Å². The molecule has 13 heavy (non-hydrogen) atoms. The second-order valence-corrected chi connectivity index (χ2v) is 3.11. The summed E-state index contributed by atoms with van der Waals surface area (Å²) in [5, 5.41) is 3.01. The van der Waals surface area contributed by atoms with Crippen molar-refractivity contribution < 1.29 is 9.53 Å². The van der Waals surface area contributed by atoms with Crippen LogP contribution in [0.2, 0.25) is 0 Å². The highest BCUT2D eigenvalue weighted by atomic mass is 16.5. The van der Waals surface area contributed by atoms with E-state index in [1.165, 1.54) is 6.08 Å². The monoisotopic (exact) mass is 181 g/mol. The molecule has 0 saturated carbocycles. The van der Waals surface area contributed by atoms with Gasteiger partial charge in [0.2, 0.25) is 0 Å². The SMILES string of the molecule is C=CNC1(C(=O)C=C)CCOCC1. The fraction of sp³-hybridized carbons (Fsp3) is 0.500. The zero-order chi connectivity index (χ0) is 9.73. The number of carbonyl (C=O) groups is 1. The number of ketones is 1. The van der Waals surface area contributed by atoms with E-state index in [0.717, 1.165) is 0 Å². The Morgan fingerprint density at radius 1 is 1.38 bits per heavy atom. The summed E-state index contributed by atoms with van der Waals surface area (Å²) in [6, 6.07) is 0. The number of ether oxygens (including phenoxy) is 1. The van der Waals surface area contributed by atoms with Crippen LogP contribution in [-0.4, -0.2) is 24.5 Å². The minimum atomic E-state index is -0.512. The Morgan fingerprint density at radius 2 is 2.00 bits per heavy atom. The molecule has 0 spiro atoms. The molecule has 1 fully saturated rings. The van der Waals surface area contributed by atoms with E-state index in [4.69, 9.17) is 4.74 Å². The van der Waals surface area contributed by atoms with E-state index in [9.17, 15) is 4.79 Å². The molecule has 0 aromatic carbocycles. The zero-order valence-electron chi connectivity index (χ0n) is 7.71. The maximum Gasteiger partial charge on any atom is 0.180 e. The molecule has 1 aliphatic rings. The predicted molar refractivity (Wildman–Crippen MR) is 51.3 cm³/mol. The Bertz CT molecular complexity index is 217. The van der Waals surface area contributed by atoms with E-state index in [-0.39, 0.29) is 5.78 Å². The first-order chi connectivity index (χ1) is 6.25. The molecule has 1 aliphatic heterocycles. The maximum absolute atomic E-state index is 11.6. The molecule has 0 aromatic heterocycles. The highest BCUT2D eigenvalue weighted by molar-refractivity contribution is 5.97. The van der Waals surface area contributed by atoms with Crippen LogP contribution in [0.5, 0.6) is 0 Å². The number of hydrogen-bond donors (Lipinski definition) is 1. The zero-order valence-corrected chi connectivity index (χ0v) is 7.71. The van der Waals surface area contributed by atoms with Gasteiger partial charge in [0, 0.05) is 26.1 Å². The smallest absolute Gasteiger partial charge is 0.180 e. The Kier molecular flexibility index (Phi) is 3.25. The molecule has 0 aromatic rings. The summed E-state index contributed by atoms with van der Waals surface area (Å²) in [7, 11) is 0. The van der Waals surface area contributed by atoms with Crippen LogP contribution >= 0.6 is 0 Å². The largest absolute Gasteiger partial charge is 0.381 e. The lowest BCUT2D eigenvalue weighted by Gasteiger charge is -2.35. The van der Waals surface area contributed by atoms with Crippen molar-refractivity contribution in [3.63, 3.8) is 0 Å². The molecule has 1 N–H and O–H groups in total. The van der Waals surface area contributed by atoms with E-state index in [2.05, 4.69) is 18.5 Å². The third-order valence-electron chi connectivity index (χ3n) is 2.38. The first-order valence-electron chi connectivity index (χ1n) is 4.38. The van der Waals surface area contributed by atoms with Crippen LogP contribution in [0.3, 0.4) is 0 Å². The van der Waals surface area contributed by atoms with E-state index in [1.807, 2.05) is 0 Å². The van der Waals surface area contributed by atoms with Crippen molar-refractivity contribution in [1.82, 2.24) is 5.32 Å². The normalized spacial score (nSPS) is 20.3.